The molecule has 5 N–H and O–H groups in total. The van der Waals surface area contributed by atoms with Crippen molar-refractivity contribution < 1.29 is 19.8 Å². The van der Waals surface area contributed by atoms with E-state index in [0.717, 1.165) is 0 Å². The average Bonchev–Trinajstić information content (AvgIpc) is 2.33. The number of hydrogen-bond acceptors (Lipinski definition) is 5. The van der Waals surface area contributed by atoms with Crippen LogP contribution in [0.5, 0.6) is 0 Å². The van der Waals surface area contributed by atoms with Crippen LogP contribution in [0, 0.1) is 0 Å². The predicted octanol–water partition coefficient (Wildman–Crippen LogP) is -2.43. The first-order chi connectivity index (χ1) is 8.20. The second kappa shape index (κ2) is 11.3. The average molecular weight is 247 g/mol. The molecule has 0 radical (unpaired) electrons. The van der Waals surface area contributed by atoms with Gasteiger partial charge in [0.15, 0.2) is 0 Å². The third-order valence-electron chi connectivity index (χ3n) is 1.93. The molecular weight excluding hydrogens is 226 g/mol. The molecule has 0 saturated heterocycles. The molecule has 0 atom stereocenters. The first-order valence-corrected chi connectivity index (χ1v) is 5.66. The highest BCUT2D eigenvalue weighted by Crippen LogP contribution is 1.80. The van der Waals surface area contributed by atoms with Gasteiger partial charge in [-0.2, -0.15) is 0 Å². The highest BCUT2D eigenvalue weighted by Gasteiger charge is 2.01. The SMILES string of the molecule is O=C(CCNCCC(=O)NCCO)NCCO. The van der Waals surface area contributed by atoms with Gasteiger partial charge in [-0.15, -0.1) is 0 Å². The van der Waals surface area contributed by atoms with Crippen LogP contribution in [-0.2, 0) is 9.59 Å². The van der Waals surface area contributed by atoms with Gasteiger partial charge in [0.05, 0.1) is 13.2 Å². The summed E-state index contributed by atoms with van der Waals surface area (Å²) in [4.78, 5) is 22.1. The molecule has 0 heterocycles. The largest absolute Gasteiger partial charge is 0.395 e. The zero-order valence-corrected chi connectivity index (χ0v) is 9.87. The Balaban J connectivity index is 3.28. The van der Waals surface area contributed by atoms with Gasteiger partial charge in [0.1, 0.15) is 0 Å². The van der Waals surface area contributed by atoms with E-state index in [1.807, 2.05) is 0 Å². The fraction of sp³-hybridized carbons (Fsp3) is 0.800. The maximum Gasteiger partial charge on any atom is 0.221 e. The third kappa shape index (κ3) is 11.1. The van der Waals surface area contributed by atoms with Gasteiger partial charge < -0.3 is 26.2 Å². The first kappa shape index (κ1) is 15.8. The molecule has 7 heteroatoms. The van der Waals surface area contributed by atoms with Gasteiger partial charge >= 0.3 is 0 Å². The fourth-order valence-corrected chi connectivity index (χ4v) is 1.10. The molecule has 0 aromatic carbocycles. The van der Waals surface area contributed by atoms with Crippen LogP contribution in [0.2, 0.25) is 0 Å². The van der Waals surface area contributed by atoms with Crippen molar-refractivity contribution in [3.63, 3.8) is 0 Å². The number of nitrogens with one attached hydrogen (secondary N) is 3. The lowest BCUT2D eigenvalue weighted by molar-refractivity contribution is -0.121. The molecule has 0 aliphatic heterocycles. The molecule has 0 aromatic heterocycles. The quantitative estimate of drug-likeness (QED) is 0.276. The molecule has 17 heavy (non-hydrogen) atoms. The van der Waals surface area contributed by atoms with Crippen molar-refractivity contribution in [2.24, 2.45) is 0 Å². The standard InChI is InChI=1S/C10H21N3O4/c14-7-5-12-9(16)1-3-11-4-2-10(17)13-6-8-15/h11,14-15H,1-8H2,(H,12,16)(H,13,17). The highest BCUT2D eigenvalue weighted by atomic mass is 16.3. The summed E-state index contributed by atoms with van der Waals surface area (Å²) in [5.74, 6) is -0.257. The van der Waals surface area contributed by atoms with Crippen LogP contribution in [0.25, 0.3) is 0 Å². The summed E-state index contributed by atoms with van der Waals surface area (Å²) in [6.07, 6.45) is 0.635. The minimum absolute atomic E-state index is 0.0653. The summed E-state index contributed by atoms with van der Waals surface area (Å²) >= 11 is 0. The molecule has 0 saturated carbocycles. The Kier molecular flexibility index (Phi) is 10.5. The highest BCUT2D eigenvalue weighted by molar-refractivity contribution is 5.76. The van der Waals surface area contributed by atoms with E-state index >= 15 is 0 Å². The van der Waals surface area contributed by atoms with E-state index in [1.54, 1.807) is 0 Å². The Morgan fingerprint density at radius 1 is 0.765 bits per heavy atom. The number of amides is 2. The molecule has 0 aliphatic carbocycles. The summed E-state index contributed by atoms with van der Waals surface area (Å²) in [6, 6.07) is 0. The van der Waals surface area contributed by atoms with Crippen LogP contribution in [0.4, 0.5) is 0 Å². The van der Waals surface area contributed by atoms with Gasteiger partial charge in [-0.1, -0.05) is 0 Å². The lowest BCUT2D eigenvalue weighted by atomic mass is 10.3. The van der Waals surface area contributed by atoms with Gasteiger partial charge in [-0.25, -0.2) is 0 Å². The second-order valence-electron chi connectivity index (χ2n) is 3.40. The van der Waals surface area contributed by atoms with Crippen molar-refractivity contribution in [1.29, 1.82) is 0 Å². The topological polar surface area (TPSA) is 111 Å². The van der Waals surface area contributed by atoms with E-state index in [2.05, 4.69) is 16.0 Å². The van der Waals surface area contributed by atoms with E-state index in [0.29, 0.717) is 25.9 Å². The minimum atomic E-state index is -0.128. The van der Waals surface area contributed by atoms with Crippen molar-refractivity contribution in [1.82, 2.24) is 16.0 Å². The van der Waals surface area contributed by atoms with Gasteiger partial charge in [-0.3, -0.25) is 9.59 Å². The lowest BCUT2D eigenvalue weighted by Crippen LogP contribution is -2.32. The van der Waals surface area contributed by atoms with Crippen LogP contribution >= 0.6 is 0 Å². The summed E-state index contributed by atoms with van der Waals surface area (Å²) in [5.41, 5.74) is 0. The maximum absolute atomic E-state index is 11.1. The van der Waals surface area contributed by atoms with Crippen LogP contribution in [0.3, 0.4) is 0 Å². The molecule has 7 nitrogen and oxygen atoms in total. The first-order valence-electron chi connectivity index (χ1n) is 5.66. The molecule has 0 unspecified atom stereocenters. The Morgan fingerprint density at radius 2 is 1.18 bits per heavy atom. The van der Waals surface area contributed by atoms with Crippen LogP contribution < -0.4 is 16.0 Å². The Labute approximate surface area is 101 Å². The molecule has 0 aliphatic rings. The van der Waals surface area contributed by atoms with Crippen molar-refractivity contribution >= 4 is 11.8 Å². The van der Waals surface area contributed by atoms with Crippen LogP contribution in [0.15, 0.2) is 0 Å². The monoisotopic (exact) mass is 247 g/mol. The zero-order chi connectivity index (χ0) is 12.9. The number of carbonyl (C=O) groups excluding carboxylic acids is 2. The van der Waals surface area contributed by atoms with Gasteiger partial charge in [0.25, 0.3) is 0 Å². The Bertz CT molecular complexity index is 202. The number of carbonyl (C=O) groups is 2. The predicted molar refractivity (Wildman–Crippen MR) is 62.3 cm³/mol. The normalized spacial score (nSPS) is 10.0. The number of rotatable bonds is 10. The van der Waals surface area contributed by atoms with E-state index in [9.17, 15) is 9.59 Å². The number of aliphatic hydroxyl groups excluding tert-OH is 2. The Morgan fingerprint density at radius 3 is 1.53 bits per heavy atom. The molecule has 0 bridgehead atoms. The summed E-state index contributed by atoms with van der Waals surface area (Å²) in [6.45, 7) is 1.38. The van der Waals surface area contributed by atoms with Crippen molar-refractivity contribution in [3.8, 4) is 0 Å². The smallest absolute Gasteiger partial charge is 0.221 e. The molecule has 0 spiro atoms. The van der Waals surface area contributed by atoms with Crippen LogP contribution in [-0.4, -0.2) is 61.4 Å². The molecular formula is C10H21N3O4. The maximum atomic E-state index is 11.1. The zero-order valence-electron chi connectivity index (χ0n) is 9.87. The van der Waals surface area contributed by atoms with Crippen molar-refractivity contribution in [2.75, 3.05) is 39.4 Å². The number of hydrogen-bond donors (Lipinski definition) is 5. The minimum Gasteiger partial charge on any atom is -0.395 e. The fourth-order valence-electron chi connectivity index (χ4n) is 1.10. The summed E-state index contributed by atoms with van der Waals surface area (Å²) < 4.78 is 0. The van der Waals surface area contributed by atoms with Gasteiger partial charge in [-0.05, 0) is 0 Å². The van der Waals surface area contributed by atoms with Gasteiger partial charge in [0, 0.05) is 39.0 Å². The van der Waals surface area contributed by atoms with Crippen LogP contribution in [0.1, 0.15) is 12.8 Å². The van der Waals surface area contributed by atoms with Gasteiger partial charge in [0.2, 0.25) is 11.8 Å². The molecule has 0 fully saturated rings. The molecule has 0 aromatic rings. The van der Waals surface area contributed by atoms with E-state index in [1.165, 1.54) is 0 Å². The molecule has 2 amide bonds. The van der Waals surface area contributed by atoms with Crippen molar-refractivity contribution in [2.45, 2.75) is 12.8 Å². The summed E-state index contributed by atoms with van der Waals surface area (Å²) in [7, 11) is 0. The Hall–Kier alpha value is -1.18. The summed E-state index contributed by atoms with van der Waals surface area (Å²) in [5, 5.41) is 24.9. The number of aliphatic hydroxyl groups is 2. The lowest BCUT2D eigenvalue weighted by Gasteiger charge is -2.06. The van der Waals surface area contributed by atoms with E-state index in [4.69, 9.17) is 10.2 Å². The molecule has 0 rings (SSSR count). The van der Waals surface area contributed by atoms with E-state index in [-0.39, 0.29) is 38.1 Å². The third-order valence-corrected chi connectivity index (χ3v) is 1.93. The second-order valence-corrected chi connectivity index (χ2v) is 3.40. The van der Waals surface area contributed by atoms with E-state index < -0.39 is 0 Å². The van der Waals surface area contributed by atoms with Crippen molar-refractivity contribution in [3.05, 3.63) is 0 Å². The molecule has 100 valence electrons.